The SMILES string of the molecule is CC.C[C@]12CCC3[C@@H](CCC4CC(C(F)(F)F)CC[C@@H]43)C1CCC2CC=O. The van der Waals surface area contributed by atoms with Gasteiger partial charge in [-0.05, 0) is 98.7 Å². The molecule has 0 aromatic heterocycles. The average Bonchev–Trinajstić information content (AvgIpc) is 2.99. The van der Waals surface area contributed by atoms with Crippen LogP contribution in [-0.2, 0) is 4.79 Å². The Balaban J connectivity index is 0.00000102. The van der Waals surface area contributed by atoms with E-state index in [1.54, 1.807) is 0 Å². The summed E-state index contributed by atoms with van der Waals surface area (Å²) in [5.41, 5.74) is 0.304. The number of alkyl halides is 3. The zero-order chi connectivity index (χ0) is 19.8. The molecule has 5 unspecified atom stereocenters. The van der Waals surface area contributed by atoms with Crippen molar-refractivity contribution in [3.8, 4) is 0 Å². The van der Waals surface area contributed by atoms with E-state index >= 15 is 0 Å². The molecule has 4 fully saturated rings. The van der Waals surface area contributed by atoms with Crippen molar-refractivity contribution in [2.45, 2.75) is 91.2 Å². The van der Waals surface area contributed by atoms with E-state index in [2.05, 4.69) is 6.92 Å². The van der Waals surface area contributed by atoms with E-state index in [9.17, 15) is 18.0 Å². The number of carbonyl (C=O) groups excluding carboxylic acids is 1. The molecule has 4 rings (SSSR count). The fourth-order valence-electron chi connectivity index (χ4n) is 7.76. The average molecular weight is 387 g/mol. The van der Waals surface area contributed by atoms with Gasteiger partial charge in [0.25, 0.3) is 0 Å². The predicted octanol–water partition coefficient (Wildman–Crippen LogP) is 7.05. The second kappa shape index (κ2) is 8.06. The van der Waals surface area contributed by atoms with Crippen molar-refractivity contribution in [2.75, 3.05) is 0 Å². The van der Waals surface area contributed by atoms with E-state index in [0.29, 0.717) is 60.2 Å². The molecule has 0 amide bonds. The molecule has 8 atom stereocenters. The van der Waals surface area contributed by atoms with Crippen LogP contribution in [0, 0.1) is 46.8 Å². The van der Waals surface area contributed by atoms with Gasteiger partial charge in [0.2, 0.25) is 0 Å². The minimum Gasteiger partial charge on any atom is -0.303 e. The van der Waals surface area contributed by atoms with Gasteiger partial charge >= 0.3 is 6.18 Å². The van der Waals surface area contributed by atoms with Crippen molar-refractivity contribution < 1.29 is 18.0 Å². The van der Waals surface area contributed by atoms with Crippen LogP contribution in [-0.4, -0.2) is 12.5 Å². The summed E-state index contributed by atoms with van der Waals surface area (Å²) in [6.07, 6.45) is 6.23. The standard InChI is InChI=1S/C21H31F3O.C2H6/c1-20-10-8-17-16-6-3-15(21(22,23)24)12-13(16)2-5-18(17)19(20)7-4-14(20)9-11-25;1-2/h11,13-19H,2-10,12H2,1H3;1-2H3/t13?,14?,15?,16-,17?,18+,19?,20+;/m0./s1. The summed E-state index contributed by atoms with van der Waals surface area (Å²) >= 11 is 0. The topological polar surface area (TPSA) is 17.1 Å². The van der Waals surface area contributed by atoms with Crippen LogP contribution in [0.3, 0.4) is 0 Å². The Labute approximate surface area is 162 Å². The van der Waals surface area contributed by atoms with Gasteiger partial charge in [0, 0.05) is 6.42 Å². The molecule has 0 bridgehead atoms. The van der Waals surface area contributed by atoms with Gasteiger partial charge in [-0.1, -0.05) is 20.8 Å². The van der Waals surface area contributed by atoms with E-state index in [-0.39, 0.29) is 0 Å². The van der Waals surface area contributed by atoms with E-state index in [1.165, 1.54) is 25.7 Å². The summed E-state index contributed by atoms with van der Waals surface area (Å²) < 4.78 is 39.4. The Morgan fingerprint density at radius 2 is 1.63 bits per heavy atom. The third kappa shape index (κ3) is 3.71. The third-order valence-corrected chi connectivity index (χ3v) is 8.99. The van der Waals surface area contributed by atoms with Crippen LogP contribution in [0.1, 0.15) is 85.0 Å². The molecule has 4 saturated carbocycles. The minimum atomic E-state index is -4.00. The number of carbonyl (C=O) groups is 1. The predicted molar refractivity (Wildman–Crippen MR) is 102 cm³/mol. The molecule has 0 radical (unpaired) electrons. The Bertz CT molecular complexity index is 516. The molecular weight excluding hydrogens is 349 g/mol. The molecule has 0 heterocycles. The van der Waals surface area contributed by atoms with E-state index < -0.39 is 12.1 Å². The number of aldehydes is 1. The Morgan fingerprint density at radius 3 is 2.30 bits per heavy atom. The second-order valence-electron chi connectivity index (χ2n) is 9.71. The summed E-state index contributed by atoms with van der Waals surface area (Å²) in [5, 5.41) is 0. The smallest absolute Gasteiger partial charge is 0.303 e. The Hall–Kier alpha value is -0.540. The molecule has 1 nitrogen and oxygen atoms in total. The Morgan fingerprint density at radius 1 is 0.926 bits per heavy atom. The maximum Gasteiger partial charge on any atom is 0.391 e. The quantitative estimate of drug-likeness (QED) is 0.465. The van der Waals surface area contributed by atoms with E-state index in [0.717, 1.165) is 25.5 Å². The molecule has 156 valence electrons. The first-order valence-electron chi connectivity index (χ1n) is 11.3. The van der Waals surface area contributed by atoms with Crippen LogP contribution in [0.25, 0.3) is 0 Å². The number of halogens is 3. The maximum atomic E-state index is 13.1. The van der Waals surface area contributed by atoms with E-state index in [1.807, 2.05) is 13.8 Å². The van der Waals surface area contributed by atoms with Crippen molar-refractivity contribution >= 4 is 6.29 Å². The zero-order valence-corrected chi connectivity index (χ0v) is 17.2. The van der Waals surface area contributed by atoms with Gasteiger partial charge in [0.15, 0.2) is 0 Å². The lowest BCUT2D eigenvalue weighted by Gasteiger charge is -2.56. The molecule has 0 N–H and O–H groups in total. The van der Waals surface area contributed by atoms with Crippen molar-refractivity contribution in [1.82, 2.24) is 0 Å². The molecule has 0 saturated heterocycles. The molecule has 0 aromatic rings. The first-order chi connectivity index (χ1) is 12.8. The highest BCUT2D eigenvalue weighted by molar-refractivity contribution is 5.50. The molecule has 0 spiro atoms. The summed E-state index contributed by atoms with van der Waals surface area (Å²) in [4.78, 5) is 11.1. The highest BCUT2D eigenvalue weighted by Crippen LogP contribution is 2.65. The molecule has 4 heteroatoms. The van der Waals surface area contributed by atoms with Gasteiger partial charge < -0.3 is 4.79 Å². The van der Waals surface area contributed by atoms with Crippen LogP contribution in [0.5, 0.6) is 0 Å². The van der Waals surface area contributed by atoms with Gasteiger partial charge in [-0.25, -0.2) is 0 Å². The monoisotopic (exact) mass is 386 g/mol. The second-order valence-corrected chi connectivity index (χ2v) is 9.71. The van der Waals surface area contributed by atoms with Gasteiger partial charge in [0.05, 0.1) is 5.92 Å². The van der Waals surface area contributed by atoms with E-state index in [4.69, 9.17) is 0 Å². The summed E-state index contributed by atoms with van der Waals surface area (Å²) in [5.74, 6) is 2.39. The van der Waals surface area contributed by atoms with Crippen molar-refractivity contribution in [2.24, 2.45) is 46.8 Å². The van der Waals surface area contributed by atoms with Crippen LogP contribution < -0.4 is 0 Å². The van der Waals surface area contributed by atoms with Gasteiger partial charge in [-0.3, -0.25) is 0 Å². The fraction of sp³-hybridized carbons (Fsp3) is 0.957. The van der Waals surface area contributed by atoms with Crippen LogP contribution in [0.4, 0.5) is 13.2 Å². The molecule has 0 aromatic carbocycles. The molecule has 27 heavy (non-hydrogen) atoms. The third-order valence-electron chi connectivity index (χ3n) is 8.99. The van der Waals surface area contributed by atoms with Gasteiger partial charge in [-0.2, -0.15) is 13.2 Å². The first kappa shape index (κ1) is 21.2. The summed E-state index contributed by atoms with van der Waals surface area (Å²) in [7, 11) is 0. The number of rotatable bonds is 2. The summed E-state index contributed by atoms with van der Waals surface area (Å²) in [6, 6.07) is 0. The van der Waals surface area contributed by atoms with Gasteiger partial charge in [0.1, 0.15) is 6.29 Å². The maximum absolute atomic E-state index is 13.1. The van der Waals surface area contributed by atoms with Crippen LogP contribution in [0.15, 0.2) is 0 Å². The molecule has 4 aliphatic carbocycles. The number of hydrogen-bond acceptors (Lipinski definition) is 1. The molecule has 0 aliphatic heterocycles. The van der Waals surface area contributed by atoms with Crippen molar-refractivity contribution in [3.05, 3.63) is 0 Å². The van der Waals surface area contributed by atoms with Crippen LogP contribution in [0.2, 0.25) is 0 Å². The first-order valence-corrected chi connectivity index (χ1v) is 11.3. The zero-order valence-electron chi connectivity index (χ0n) is 17.2. The largest absolute Gasteiger partial charge is 0.391 e. The fourth-order valence-corrected chi connectivity index (χ4v) is 7.76. The normalized spacial score (nSPS) is 46.4. The number of hydrogen-bond donors (Lipinski definition) is 0. The molecular formula is C23H37F3O. The minimum absolute atomic E-state index is 0.304. The lowest BCUT2D eigenvalue weighted by Crippen LogP contribution is -2.49. The highest BCUT2D eigenvalue weighted by atomic mass is 19.4. The Kier molecular flexibility index (Phi) is 6.33. The highest BCUT2D eigenvalue weighted by Gasteiger charge is 2.57. The van der Waals surface area contributed by atoms with Crippen molar-refractivity contribution in [1.29, 1.82) is 0 Å². The van der Waals surface area contributed by atoms with Crippen LogP contribution >= 0.6 is 0 Å². The number of fused-ring (bicyclic) bond motifs is 5. The molecule has 4 aliphatic rings. The van der Waals surface area contributed by atoms with Gasteiger partial charge in [-0.15, -0.1) is 0 Å². The van der Waals surface area contributed by atoms with Crippen molar-refractivity contribution in [3.63, 3.8) is 0 Å². The lowest BCUT2D eigenvalue weighted by molar-refractivity contribution is -0.196. The lowest BCUT2D eigenvalue weighted by atomic mass is 9.49. The summed E-state index contributed by atoms with van der Waals surface area (Å²) in [6.45, 7) is 6.40.